The number of nitrogens with two attached hydrogens (primary N) is 2. The highest BCUT2D eigenvalue weighted by Gasteiger charge is 2.38. The Labute approximate surface area is 774 Å². The monoisotopic (exact) mass is 1870 g/mol. The molecule has 136 heavy (non-hydrogen) atoms. The van der Waals surface area contributed by atoms with Crippen molar-refractivity contribution in [3.63, 3.8) is 0 Å². The van der Waals surface area contributed by atoms with E-state index in [1.54, 1.807) is 65.4 Å². The van der Waals surface area contributed by atoms with Crippen molar-refractivity contribution in [2.45, 2.75) is 50.2 Å². The SMILES string of the molecule is CN1/C(=C/c2cc[n+](COC(=O)NCC(=O)N3CCc4c3ccc3[nH]c(C(=O)N5CCc6c5ccc5[nH]c(C(=O)N7CCc8c7ccc7[nH]c(C(=O)NCOC(=O)[O-])cc87)cc65)cc43)c3ccccc23)Sc2ccccc21.CP(=O)([O-])OCN.NCC(=O)N1CCc2c1ccc1[nH]c(C(=O)N3CCc4c3ccc3[nH]c(C(=O)N5CCc6c5ccc5[nH]c(C(=O)NCOC(=O)[O-])cc65)cc43)cc21. The van der Waals surface area contributed by atoms with Gasteiger partial charge in [-0.1, -0.05) is 36.0 Å². The molecule has 0 saturated carbocycles. The number of ether oxygens (including phenoxy) is 3. The second kappa shape index (κ2) is 35.5. The lowest BCUT2D eigenvalue weighted by Gasteiger charge is -2.17. The largest absolute Gasteiger partial charge is 0.779 e. The zero-order valence-electron chi connectivity index (χ0n) is 72.8. The Balaban J connectivity index is 0.000000167. The molecule has 7 aliphatic heterocycles. The average molecular weight is 1870 g/mol. The van der Waals surface area contributed by atoms with Crippen molar-refractivity contribution in [2.75, 3.05) is 121 Å². The molecule has 38 nitrogen and oxygen atoms in total. The minimum absolute atomic E-state index is 0.0581. The lowest BCUT2D eigenvalue weighted by atomic mass is 10.1. The molecule has 0 saturated heterocycles. The Bertz CT molecular complexity index is 7710. The first-order valence-corrected chi connectivity index (χ1v) is 46.4. The maximum absolute atomic E-state index is 14.3. The number of rotatable bonds is 18. The maximum Gasteiger partial charge on any atom is 0.412 e. The number of aromatic nitrogens is 7. The first-order chi connectivity index (χ1) is 65.7. The Hall–Kier alpha value is -16.1. The summed E-state index contributed by atoms with van der Waals surface area (Å²) < 4.78 is 30.0. The number of carbonyl (C=O) groups excluding carboxylic acids is 11. The van der Waals surface area contributed by atoms with Gasteiger partial charge in [0.1, 0.15) is 68.5 Å². The van der Waals surface area contributed by atoms with Crippen LogP contribution in [0.2, 0.25) is 0 Å². The number of amides is 9. The van der Waals surface area contributed by atoms with Crippen molar-refractivity contribution < 1.29 is 95.7 Å². The molecule has 14 heterocycles. The van der Waals surface area contributed by atoms with Crippen LogP contribution in [0.1, 0.15) is 102 Å². The zero-order valence-corrected chi connectivity index (χ0v) is 74.5. The van der Waals surface area contributed by atoms with Crippen molar-refractivity contribution in [1.29, 1.82) is 0 Å². The van der Waals surface area contributed by atoms with Crippen molar-refractivity contribution in [3.05, 3.63) is 248 Å². The van der Waals surface area contributed by atoms with Gasteiger partial charge in [-0.25, -0.2) is 4.79 Å². The summed E-state index contributed by atoms with van der Waals surface area (Å²) in [5, 5.41) is 35.6. The van der Waals surface area contributed by atoms with Crippen LogP contribution >= 0.6 is 19.4 Å². The number of thioether (sulfide) groups is 1. The van der Waals surface area contributed by atoms with E-state index in [4.69, 9.17) is 16.2 Å². The van der Waals surface area contributed by atoms with Gasteiger partial charge in [-0.05, 0) is 211 Å². The number of para-hydroxylation sites is 2. The Morgan fingerprint density at radius 3 is 1.15 bits per heavy atom. The van der Waals surface area contributed by atoms with E-state index < -0.39 is 51.3 Å². The number of fused-ring (bicyclic) bond motifs is 20. The van der Waals surface area contributed by atoms with Crippen LogP contribution in [0.3, 0.4) is 0 Å². The van der Waals surface area contributed by atoms with Crippen LogP contribution in [0.4, 0.5) is 54.2 Å². The van der Waals surface area contributed by atoms with Crippen LogP contribution in [0.5, 0.6) is 0 Å². The lowest BCUT2D eigenvalue weighted by molar-refractivity contribution is -0.703. The third-order valence-electron chi connectivity index (χ3n) is 25.7. The minimum Gasteiger partial charge on any atom is -0.779 e. The third-order valence-corrected chi connectivity index (χ3v) is 27.4. The van der Waals surface area contributed by atoms with Crippen LogP contribution in [0.15, 0.2) is 180 Å². The highest BCUT2D eigenvalue weighted by molar-refractivity contribution is 8.03. The fourth-order valence-electron chi connectivity index (χ4n) is 19.4. The summed E-state index contributed by atoms with van der Waals surface area (Å²) in [6.45, 7) is 2.01. The first kappa shape index (κ1) is 87.9. The van der Waals surface area contributed by atoms with E-state index in [1.165, 1.54) is 4.90 Å². The molecular weight excluding hydrogens is 1790 g/mol. The molecule has 690 valence electrons. The molecule has 40 heteroatoms. The molecule has 8 aromatic carbocycles. The number of hydrogen-bond acceptors (Lipinski definition) is 23. The summed E-state index contributed by atoms with van der Waals surface area (Å²) in [7, 11) is -1.48. The highest BCUT2D eigenvalue weighted by atomic mass is 32.2. The molecule has 0 bridgehead atoms. The third kappa shape index (κ3) is 16.3. The van der Waals surface area contributed by atoms with Crippen LogP contribution in [-0.4, -0.2) is 182 Å². The molecule has 7 aromatic heterocycles. The van der Waals surface area contributed by atoms with Gasteiger partial charge in [0.25, 0.3) is 54.5 Å². The van der Waals surface area contributed by atoms with E-state index in [0.717, 1.165) is 156 Å². The van der Waals surface area contributed by atoms with Crippen LogP contribution in [-0.2, 0) is 78.1 Å². The average Bonchev–Trinajstić information content (AvgIpc) is 1.59. The number of benzene rings is 8. The van der Waals surface area contributed by atoms with E-state index in [1.807, 2.05) is 138 Å². The van der Waals surface area contributed by atoms with Gasteiger partial charge in [-0.15, -0.1) is 0 Å². The van der Waals surface area contributed by atoms with Crippen molar-refractivity contribution >= 4 is 207 Å². The summed E-state index contributed by atoms with van der Waals surface area (Å²) in [4.78, 5) is 185. The van der Waals surface area contributed by atoms with Gasteiger partial charge in [0.2, 0.25) is 17.3 Å². The van der Waals surface area contributed by atoms with Crippen LogP contribution < -0.4 is 81.4 Å². The second-order valence-corrected chi connectivity index (χ2v) is 36.2. The first-order valence-electron chi connectivity index (χ1n) is 43.6. The molecule has 15 aromatic rings. The summed E-state index contributed by atoms with van der Waals surface area (Å²) in [5.74, 6) is -2.28. The number of hydrogen-bond donors (Lipinski definition) is 11. The van der Waals surface area contributed by atoms with E-state index in [-0.39, 0.29) is 73.4 Å². The van der Waals surface area contributed by atoms with Crippen LogP contribution in [0, 0.1) is 0 Å². The second-order valence-electron chi connectivity index (χ2n) is 33.3. The van der Waals surface area contributed by atoms with Gasteiger partial charge in [-0.3, -0.25) is 38.4 Å². The quantitative estimate of drug-likeness (QED) is 0.0126. The topological polar surface area (TPSA) is 520 Å². The lowest BCUT2D eigenvalue weighted by Crippen LogP contribution is -2.42. The number of nitrogens with one attached hydrogen (secondary N) is 9. The summed E-state index contributed by atoms with van der Waals surface area (Å²) in [6, 6.07) is 51.4. The Kier molecular flexibility index (Phi) is 22.9. The van der Waals surface area contributed by atoms with Crippen molar-refractivity contribution in [3.8, 4) is 0 Å². The van der Waals surface area contributed by atoms with Gasteiger partial charge in [0.05, 0.1) is 22.6 Å². The fourth-order valence-corrected chi connectivity index (χ4v) is 20.8. The predicted octanol–water partition coefficient (Wildman–Crippen LogP) is 8.37. The van der Waals surface area contributed by atoms with Gasteiger partial charge in [-0.2, -0.15) is 4.57 Å². The molecule has 0 aliphatic carbocycles. The summed E-state index contributed by atoms with van der Waals surface area (Å²) >= 11 is 1.72. The Morgan fingerprint density at radius 2 is 0.787 bits per heavy atom. The number of H-pyrrole nitrogens is 6. The number of pyridine rings is 1. The normalized spacial score (nSPS) is 15.0. The van der Waals surface area contributed by atoms with E-state index >= 15 is 0 Å². The van der Waals surface area contributed by atoms with Crippen LogP contribution in [0.25, 0.3) is 82.4 Å². The number of alkyl carbamates (subject to hydrolysis) is 1. The number of nitrogens with zero attached hydrogens (tertiary/aromatic N) is 8. The molecule has 1 unspecified atom stereocenters. The molecule has 9 amide bonds. The van der Waals surface area contributed by atoms with Gasteiger partial charge >= 0.3 is 6.09 Å². The fraction of sp³-hybridized carbons (Fsp3) is 0.208. The molecule has 7 aliphatic rings. The maximum atomic E-state index is 14.3. The summed E-state index contributed by atoms with van der Waals surface area (Å²) in [5.41, 5.74) is 30.4. The molecule has 0 spiro atoms. The van der Waals surface area contributed by atoms with Gasteiger partial charge < -0.3 is 140 Å². The number of anilines is 7. The number of carbonyl (C=O) groups is 11. The molecule has 0 radical (unpaired) electrons. The zero-order chi connectivity index (χ0) is 94.4. The predicted molar refractivity (Wildman–Crippen MR) is 501 cm³/mol. The Morgan fingerprint density at radius 1 is 0.434 bits per heavy atom. The number of aromatic amines is 6. The number of carboxylic acid groups (broad SMARTS) is 2. The van der Waals surface area contributed by atoms with E-state index in [0.29, 0.717) is 112 Å². The smallest absolute Gasteiger partial charge is 0.412 e. The van der Waals surface area contributed by atoms with E-state index in [9.17, 15) is 72.4 Å². The van der Waals surface area contributed by atoms with Gasteiger partial charge in [0.15, 0.2) is 6.20 Å². The van der Waals surface area contributed by atoms with Crippen molar-refractivity contribution in [1.82, 2.24) is 45.9 Å². The van der Waals surface area contributed by atoms with Crippen molar-refractivity contribution in [2.24, 2.45) is 11.5 Å². The molecular formula is C96H84N19O19PS-2. The molecule has 13 N–H and O–H groups in total. The molecule has 0 fully saturated rings. The molecule has 22 rings (SSSR count). The summed E-state index contributed by atoms with van der Waals surface area (Å²) in [6.07, 6.45) is 3.46. The van der Waals surface area contributed by atoms with Gasteiger partial charge in [0, 0.05) is 170 Å². The van der Waals surface area contributed by atoms with E-state index in [2.05, 4.69) is 90.0 Å². The minimum atomic E-state index is -3.54. The highest BCUT2D eigenvalue weighted by Crippen LogP contribution is 2.48. The molecule has 1 atom stereocenters. The standard InChI is InChI=1S/C57H46N10O9S.C37H32N8O7.C2H8NO3P/c1-63-49-8-4-5-9-50(49)77-52(63)24-31-16-20-64(45-7-3-2-6-32(31)45)30-76-56(72)58-28-51(68)65-21-17-33-37-26-43(61-40(37)10-13-46(33)65)54(70)67-23-19-35-38-27-44(62-41(38)12-15-48(35)67)55(71)66-22-18-34-36-25-42(53(69)59-29-75-57(73)74)60-39(36)11-14-47(34)66;38-16-33(46)43-10-7-18-22-14-28(41-25(22)1-4-30(18)43)35(48)45-12-9-20-23-15-29(42-26(23)3-6-32(20)45)36(49)44-11-8-19-21-13-27(34(47)39-17-52-37(50)51)40-24(21)2-5-31(19)44;1-7(4,5)6-2-3/h2-16,20,24-27H,17-19,21-23,28-30H2,1H3,(H5-,58,59,60,61,62,69,70,71,72,73,74);1-6,13-15,40-42H,7-12,16-17,38H2,(H,39,47)(H,50,51);2-3H2,1H3,(H,4,5)/p-2.